The second-order valence-corrected chi connectivity index (χ2v) is 25.8. The quantitative estimate of drug-likeness (QED) is 0.0137. The zero-order valence-electron chi connectivity index (χ0n) is 59.7. The predicted molar refractivity (Wildman–Crippen MR) is 424 cm³/mol. The highest BCUT2D eigenvalue weighted by Crippen LogP contribution is 2.26. The molecule has 10 aromatic rings. The van der Waals surface area contributed by atoms with Crippen molar-refractivity contribution in [1.29, 1.82) is 21.6 Å². The van der Waals surface area contributed by atoms with Gasteiger partial charge in [-0.05, 0) is 115 Å². The number of halogens is 3. The summed E-state index contributed by atoms with van der Waals surface area (Å²) in [5, 5.41) is 61.7. The van der Waals surface area contributed by atoms with Gasteiger partial charge in [-0.1, -0.05) is 113 Å². The minimum atomic E-state index is -1.17. The van der Waals surface area contributed by atoms with Crippen LogP contribution in [0.15, 0.2) is 147 Å². The van der Waals surface area contributed by atoms with Crippen LogP contribution in [0.2, 0.25) is 10.3 Å². The summed E-state index contributed by atoms with van der Waals surface area (Å²) in [5.41, 5.74) is 20.7. The number of carbonyl (C=O) groups is 4. The van der Waals surface area contributed by atoms with Crippen LogP contribution in [-0.4, -0.2) is 142 Å². The van der Waals surface area contributed by atoms with Gasteiger partial charge in [0, 0.05) is 115 Å². The van der Waals surface area contributed by atoms with Crippen molar-refractivity contribution in [3.63, 3.8) is 0 Å². The molecule has 34 heteroatoms. The number of nitrogens with one attached hydrogen (secondary N) is 12. The van der Waals surface area contributed by atoms with Gasteiger partial charge in [0.1, 0.15) is 85.5 Å². The van der Waals surface area contributed by atoms with Gasteiger partial charge in [0.25, 0.3) is 17.7 Å². The maximum absolute atomic E-state index is 12.5. The Morgan fingerprint density at radius 3 is 1.08 bits per heavy atom. The van der Waals surface area contributed by atoms with E-state index in [2.05, 4.69) is 191 Å². The van der Waals surface area contributed by atoms with Crippen LogP contribution in [0.1, 0.15) is 139 Å². The van der Waals surface area contributed by atoms with Crippen molar-refractivity contribution < 1.29 is 24.3 Å². The van der Waals surface area contributed by atoms with Gasteiger partial charge in [0.2, 0.25) is 0 Å². The van der Waals surface area contributed by atoms with Crippen LogP contribution in [0.4, 0.5) is 40.5 Å². The van der Waals surface area contributed by atoms with Crippen molar-refractivity contribution in [3.8, 4) is 0 Å². The van der Waals surface area contributed by atoms with E-state index in [1.807, 2.05) is 54.6 Å². The van der Waals surface area contributed by atoms with Gasteiger partial charge in [-0.15, -0.1) is 0 Å². The normalized spacial score (nSPS) is 10.3. The number of amides is 3. The minimum absolute atomic E-state index is 0.114. The number of hydrogen-bond acceptors (Lipinski definition) is 27. The molecule has 0 atom stereocenters. The topological polar surface area (TPSA) is 487 Å². The summed E-state index contributed by atoms with van der Waals surface area (Å²) in [4.78, 5) is 95.0. The maximum atomic E-state index is 12.5. The van der Waals surface area contributed by atoms with Crippen molar-refractivity contribution in [3.05, 3.63) is 240 Å². The monoisotopic (exact) mass is 1590 g/mol. The van der Waals surface area contributed by atoms with Crippen molar-refractivity contribution in [2.24, 2.45) is 5.73 Å². The smallest absolute Gasteiger partial charge is 0.355 e. The van der Waals surface area contributed by atoms with Gasteiger partial charge >= 0.3 is 5.97 Å². The van der Waals surface area contributed by atoms with E-state index >= 15 is 0 Å². The number of benzene rings is 2. The number of carbonyl (C=O) groups excluding carboxylic acids is 3. The Kier molecular flexibility index (Phi) is 34.0. The molecule has 0 aliphatic heterocycles. The van der Waals surface area contributed by atoms with E-state index in [4.69, 9.17) is 61.4 Å². The molecule has 8 heterocycles. The second-order valence-electron chi connectivity index (χ2n) is 23.9. The van der Waals surface area contributed by atoms with Gasteiger partial charge in [-0.25, -0.2) is 64.6 Å². The fourth-order valence-corrected chi connectivity index (χ4v) is 9.32. The average molecular weight is 1590 g/mol. The summed E-state index contributed by atoms with van der Waals surface area (Å²) >= 11 is 13.3. The molecule has 3 amide bonds. The van der Waals surface area contributed by atoms with Crippen LogP contribution in [0.25, 0.3) is 0 Å². The lowest BCUT2D eigenvalue weighted by atomic mass is 9.87. The summed E-state index contributed by atoms with van der Waals surface area (Å²) in [6.45, 7) is 14.6. The number of anilines is 7. The molecular formula is C72H83Cl2IN26O5. The van der Waals surface area contributed by atoms with E-state index in [0.717, 1.165) is 74.3 Å². The lowest BCUT2D eigenvalue weighted by molar-refractivity contribution is 0.0689. The molecule has 0 spiro atoms. The molecule has 2 aromatic carbocycles. The van der Waals surface area contributed by atoms with Crippen LogP contribution in [0, 0.1) is 25.3 Å². The van der Waals surface area contributed by atoms with Crippen molar-refractivity contribution >= 4 is 135 Å². The highest BCUT2D eigenvalue weighted by atomic mass is 127. The Hall–Kier alpha value is -12.0. The zero-order valence-corrected chi connectivity index (χ0v) is 63.4. The van der Waals surface area contributed by atoms with Crippen LogP contribution >= 0.6 is 45.8 Å². The molecule has 0 unspecified atom stereocenters. The molecule has 10 rings (SSSR count). The summed E-state index contributed by atoms with van der Waals surface area (Å²) in [5.74, 6) is 0.0768. The fourth-order valence-electron chi connectivity index (χ4n) is 8.77. The van der Waals surface area contributed by atoms with Crippen LogP contribution in [-0.2, 0) is 37.0 Å². The maximum Gasteiger partial charge on any atom is 0.355 e. The first-order chi connectivity index (χ1) is 50.6. The van der Waals surface area contributed by atoms with Crippen LogP contribution < -0.4 is 54.0 Å². The van der Waals surface area contributed by atoms with E-state index in [1.54, 1.807) is 71.2 Å². The number of nitrogens with zero attached hydrogens (tertiary/aromatic N) is 12. The highest BCUT2D eigenvalue weighted by Gasteiger charge is 2.20. The molecule has 0 radical (unpaired) electrons. The first-order valence-corrected chi connectivity index (χ1v) is 33.9. The number of nitrogens with two attached hydrogens (primary N) is 2. The fraction of sp³-hybridized carbons (Fsp3) is 0.222. The number of rotatable bonds is 21. The molecule has 0 saturated heterocycles. The van der Waals surface area contributed by atoms with Gasteiger partial charge in [0.15, 0.2) is 5.69 Å². The Morgan fingerprint density at radius 1 is 0.443 bits per heavy atom. The van der Waals surface area contributed by atoms with Crippen LogP contribution in [0.5, 0.6) is 0 Å². The molecular weight excluding hydrogens is 1510 g/mol. The largest absolute Gasteiger partial charge is 0.476 e. The summed E-state index contributed by atoms with van der Waals surface area (Å²) in [6, 6.07) is 30.9. The van der Waals surface area contributed by atoms with Crippen molar-refractivity contribution in [2.45, 2.75) is 78.6 Å². The molecule has 106 heavy (non-hydrogen) atoms. The standard InChI is InChI=1S/C23H27N7O.C13H13ClN6O.C13H13IN6O.C10H15N.C7H8N4O2.C6H7ClN2/c1-23(2,3)16-6-8-17(9-7-16)30-19-10-5-15(12-26-19)13-27-22(31)20-18(11-24)21(25-4)29-14-28-20;2*1-16-12-9(4-15)11(19-7-20-12)13(21)18-6-8-2-3-10(14)17-5-8;1-10(2,3)8-4-6-9(11)7-5-8;1-9-6-4(2-8)5(7(12)13)10-3-11-6;7-6-2-1-5(3-8)4-9-6/h5-12,14,24H,13H2,1-4H3,(H,26,30)(H,27,31)(H,25,28,29);2*2-5,7,15H,6H2,1H3,(H,18,21)(H,16,19,20);4-7H,11H2,1-3H3;2-3,8H,1H3,(H,12,13)(H,9,10,11);1-2,4H,3,8H2. The Bertz CT molecular complexity index is 4440. The van der Waals surface area contributed by atoms with E-state index < -0.39 is 5.97 Å². The molecule has 0 aliphatic carbocycles. The third kappa shape index (κ3) is 26.7. The molecule has 552 valence electrons. The van der Waals surface area contributed by atoms with Crippen LogP contribution in [0.3, 0.4) is 0 Å². The number of carboxylic acids is 1. The first kappa shape index (κ1) is 84.6. The summed E-state index contributed by atoms with van der Waals surface area (Å²) < 4.78 is 0.892. The molecule has 17 N–H and O–H groups in total. The molecule has 8 aromatic heterocycles. The zero-order chi connectivity index (χ0) is 77.9. The molecule has 0 aliphatic rings. The highest BCUT2D eigenvalue weighted by molar-refractivity contribution is 14.1. The molecule has 31 nitrogen and oxygen atoms in total. The minimum Gasteiger partial charge on any atom is -0.476 e. The Labute approximate surface area is 636 Å². The number of aromatic nitrogens is 12. The number of pyridine rings is 4. The third-order valence-corrected chi connectivity index (χ3v) is 15.6. The summed E-state index contributed by atoms with van der Waals surface area (Å²) in [6.07, 6.45) is 15.8. The molecule has 0 fully saturated rings. The van der Waals surface area contributed by atoms with E-state index in [1.165, 1.54) is 30.1 Å². The average Bonchev–Trinajstić information content (AvgIpc) is 0.852. The lowest BCUT2D eigenvalue weighted by Gasteiger charge is -2.19. The van der Waals surface area contributed by atoms with Gasteiger partial charge in [-0.2, -0.15) is 0 Å². The van der Waals surface area contributed by atoms with Gasteiger partial charge in [0.05, 0.1) is 22.3 Å². The number of hydrogen-bond donors (Lipinski definition) is 15. The van der Waals surface area contributed by atoms with E-state index in [9.17, 15) is 19.2 Å². The lowest BCUT2D eigenvalue weighted by Crippen LogP contribution is -2.26. The van der Waals surface area contributed by atoms with Crippen molar-refractivity contribution in [1.82, 2.24) is 75.8 Å². The Balaban J connectivity index is 0.000000239. The van der Waals surface area contributed by atoms with Gasteiger partial charge < -0.3 is 80.7 Å². The number of nitrogen functional groups attached to an aromatic ring is 1. The number of carboxylic acid groups (broad SMARTS) is 1. The van der Waals surface area contributed by atoms with Gasteiger partial charge in [-0.3, -0.25) is 14.4 Å². The predicted octanol–water partition coefficient (Wildman–Crippen LogP) is 10.8. The van der Waals surface area contributed by atoms with Crippen molar-refractivity contribution in [2.75, 3.05) is 60.5 Å². The van der Waals surface area contributed by atoms with E-state index in [0.29, 0.717) is 76.4 Å². The molecule has 0 saturated carbocycles. The molecule has 0 bridgehead atoms. The summed E-state index contributed by atoms with van der Waals surface area (Å²) in [7, 11) is 6.61. The third-order valence-electron chi connectivity index (χ3n) is 14.5. The Morgan fingerprint density at radius 2 is 0.774 bits per heavy atom. The number of aromatic carboxylic acids is 1. The second kappa shape index (κ2) is 42.6. The SMILES string of the molecule is CC(C)(C)c1ccc(N)cc1.CNc1ncnc(C(=O)NCc2ccc(Cl)nc2)c1C=N.CNc1ncnc(C(=O)NCc2ccc(I)nc2)c1C=N.CNc1ncnc(C(=O)NCc2ccc(Nc3ccc(C(C)(C)C)cc3)nc2)c1C=N.CNc1ncnc(C(=O)O)c1C=N.NCc1ccc(Cl)nc1. The first-order valence-electron chi connectivity index (χ1n) is 32.1. The van der Waals surface area contributed by atoms with E-state index in [-0.39, 0.29) is 56.9 Å².